The molecule has 0 atom stereocenters. The summed E-state index contributed by atoms with van der Waals surface area (Å²) in [7, 11) is 0. The van der Waals surface area contributed by atoms with Gasteiger partial charge >= 0.3 is 0 Å². The summed E-state index contributed by atoms with van der Waals surface area (Å²) in [6, 6.07) is 6.38. The first-order valence-electron chi connectivity index (χ1n) is 6.24. The van der Waals surface area contributed by atoms with E-state index in [1.165, 1.54) is 25.0 Å². The van der Waals surface area contributed by atoms with Gasteiger partial charge in [0.2, 0.25) is 0 Å². The number of hydrogen-bond donors (Lipinski definition) is 1. The van der Waals surface area contributed by atoms with Crippen LogP contribution in [0.5, 0.6) is 0 Å². The van der Waals surface area contributed by atoms with Crippen LogP contribution in [0.4, 0.5) is 10.2 Å². The molecule has 1 aromatic carbocycles. The number of rotatable bonds is 3. The first-order chi connectivity index (χ1) is 8.65. The van der Waals surface area contributed by atoms with Crippen LogP contribution in [0, 0.1) is 18.7 Å². The van der Waals surface area contributed by atoms with E-state index in [1.807, 2.05) is 11.6 Å². The topological polar surface area (TPSA) is 43.8 Å². The molecule has 1 fully saturated rings. The molecule has 2 N–H and O–H groups in total. The van der Waals surface area contributed by atoms with Gasteiger partial charge in [0.1, 0.15) is 11.6 Å². The molecule has 4 heteroatoms. The number of nitrogens with zero attached hydrogens (tertiary/aromatic N) is 2. The van der Waals surface area contributed by atoms with Crippen LogP contribution in [0.1, 0.15) is 18.4 Å². The Bertz CT molecular complexity index is 567. The third kappa shape index (κ3) is 1.98. The molecule has 2 aromatic rings. The molecule has 3 rings (SSSR count). The number of nitrogens with two attached hydrogens (primary N) is 1. The molecule has 0 saturated heterocycles. The van der Waals surface area contributed by atoms with Crippen molar-refractivity contribution in [1.29, 1.82) is 0 Å². The number of aromatic nitrogens is 2. The van der Waals surface area contributed by atoms with Crippen LogP contribution in [-0.2, 0) is 6.54 Å². The SMILES string of the molecule is Cc1c(-c2ccc(F)cc2)nn(CC2CC2)c1N. The van der Waals surface area contributed by atoms with E-state index in [0.717, 1.165) is 35.1 Å². The van der Waals surface area contributed by atoms with E-state index in [0.29, 0.717) is 0 Å². The van der Waals surface area contributed by atoms with Crippen molar-refractivity contribution in [3.8, 4) is 11.3 Å². The van der Waals surface area contributed by atoms with Crippen molar-refractivity contribution in [3.63, 3.8) is 0 Å². The highest BCUT2D eigenvalue weighted by Gasteiger charge is 2.24. The number of halogens is 1. The number of anilines is 1. The van der Waals surface area contributed by atoms with Crippen molar-refractivity contribution in [2.24, 2.45) is 5.92 Å². The molecule has 0 spiro atoms. The van der Waals surface area contributed by atoms with Gasteiger partial charge in [0.15, 0.2) is 0 Å². The third-order valence-corrected chi connectivity index (χ3v) is 3.48. The first kappa shape index (κ1) is 11.3. The molecule has 1 heterocycles. The highest BCUT2D eigenvalue weighted by atomic mass is 19.1. The smallest absolute Gasteiger partial charge is 0.125 e. The Labute approximate surface area is 105 Å². The normalized spacial score (nSPS) is 15.0. The lowest BCUT2D eigenvalue weighted by Crippen LogP contribution is -2.06. The van der Waals surface area contributed by atoms with Crippen LogP contribution in [0.2, 0.25) is 0 Å². The first-order valence-corrected chi connectivity index (χ1v) is 6.24. The van der Waals surface area contributed by atoms with Crippen molar-refractivity contribution in [2.75, 3.05) is 5.73 Å². The Morgan fingerprint density at radius 3 is 2.61 bits per heavy atom. The van der Waals surface area contributed by atoms with Gasteiger partial charge in [-0.05, 0) is 49.9 Å². The summed E-state index contributed by atoms with van der Waals surface area (Å²) in [6.45, 7) is 2.86. The molecule has 94 valence electrons. The standard InChI is InChI=1S/C14H16FN3/c1-9-13(11-4-6-12(15)7-5-11)17-18(14(9)16)8-10-2-3-10/h4-7,10H,2-3,8,16H2,1H3. The van der Waals surface area contributed by atoms with Gasteiger partial charge in [-0.25, -0.2) is 9.07 Å². The van der Waals surface area contributed by atoms with E-state index >= 15 is 0 Å². The van der Waals surface area contributed by atoms with Gasteiger partial charge in [-0.15, -0.1) is 0 Å². The highest BCUT2D eigenvalue weighted by Crippen LogP contribution is 2.33. The summed E-state index contributed by atoms with van der Waals surface area (Å²) in [5.41, 5.74) is 8.81. The largest absolute Gasteiger partial charge is 0.384 e. The maximum atomic E-state index is 12.9. The van der Waals surface area contributed by atoms with Gasteiger partial charge in [-0.2, -0.15) is 5.10 Å². The number of nitrogen functional groups attached to an aromatic ring is 1. The zero-order chi connectivity index (χ0) is 12.7. The average Bonchev–Trinajstić information content (AvgIpc) is 3.13. The van der Waals surface area contributed by atoms with Gasteiger partial charge in [-0.1, -0.05) is 0 Å². The maximum Gasteiger partial charge on any atom is 0.125 e. The van der Waals surface area contributed by atoms with E-state index in [-0.39, 0.29) is 5.82 Å². The predicted octanol–water partition coefficient (Wildman–Crippen LogP) is 2.99. The molecule has 0 radical (unpaired) electrons. The highest BCUT2D eigenvalue weighted by molar-refractivity contribution is 5.67. The fourth-order valence-electron chi connectivity index (χ4n) is 2.13. The summed E-state index contributed by atoms with van der Waals surface area (Å²) in [5, 5.41) is 4.56. The summed E-state index contributed by atoms with van der Waals surface area (Å²) in [5.74, 6) is 1.22. The Morgan fingerprint density at radius 2 is 2.00 bits per heavy atom. The third-order valence-electron chi connectivity index (χ3n) is 3.48. The quantitative estimate of drug-likeness (QED) is 0.903. The van der Waals surface area contributed by atoms with E-state index < -0.39 is 0 Å². The van der Waals surface area contributed by atoms with Gasteiger partial charge < -0.3 is 5.73 Å². The molecule has 18 heavy (non-hydrogen) atoms. The van der Waals surface area contributed by atoms with Crippen molar-refractivity contribution in [2.45, 2.75) is 26.3 Å². The second kappa shape index (κ2) is 4.12. The molecule has 1 aromatic heterocycles. The van der Waals surface area contributed by atoms with E-state index in [9.17, 15) is 4.39 Å². The average molecular weight is 245 g/mol. The molecule has 0 aliphatic heterocycles. The summed E-state index contributed by atoms with van der Waals surface area (Å²) < 4.78 is 14.8. The Hall–Kier alpha value is -1.84. The second-order valence-corrected chi connectivity index (χ2v) is 4.99. The van der Waals surface area contributed by atoms with Crippen LogP contribution in [0.15, 0.2) is 24.3 Å². The number of hydrogen-bond acceptors (Lipinski definition) is 2. The molecule has 0 bridgehead atoms. The van der Waals surface area contributed by atoms with Crippen LogP contribution < -0.4 is 5.73 Å². The zero-order valence-electron chi connectivity index (χ0n) is 10.4. The van der Waals surface area contributed by atoms with Crippen molar-refractivity contribution >= 4 is 5.82 Å². The molecular weight excluding hydrogens is 229 g/mol. The lowest BCUT2D eigenvalue weighted by atomic mass is 10.1. The van der Waals surface area contributed by atoms with Crippen molar-refractivity contribution in [3.05, 3.63) is 35.6 Å². The maximum absolute atomic E-state index is 12.9. The molecule has 1 saturated carbocycles. The minimum absolute atomic E-state index is 0.234. The number of benzene rings is 1. The molecule has 3 nitrogen and oxygen atoms in total. The Kier molecular flexibility index (Phi) is 2.58. The fraction of sp³-hybridized carbons (Fsp3) is 0.357. The predicted molar refractivity (Wildman–Crippen MR) is 69.5 cm³/mol. The van der Waals surface area contributed by atoms with Gasteiger partial charge in [0.25, 0.3) is 0 Å². The van der Waals surface area contributed by atoms with E-state index in [4.69, 9.17) is 5.73 Å². The minimum Gasteiger partial charge on any atom is -0.384 e. The summed E-state index contributed by atoms with van der Waals surface area (Å²) >= 11 is 0. The molecular formula is C14H16FN3. The summed E-state index contributed by atoms with van der Waals surface area (Å²) in [4.78, 5) is 0. The molecule has 0 amide bonds. The molecule has 1 aliphatic rings. The lowest BCUT2D eigenvalue weighted by Gasteiger charge is -2.01. The zero-order valence-corrected chi connectivity index (χ0v) is 10.4. The van der Waals surface area contributed by atoms with Gasteiger partial charge in [0, 0.05) is 17.7 Å². The van der Waals surface area contributed by atoms with E-state index in [1.54, 1.807) is 12.1 Å². The fourth-order valence-corrected chi connectivity index (χ4v) is 2.13. The van der Waals surface area contributed by atoms with Crippen LogP contribution >= 0.6 is 0 Å². The lowest BCUT2D eigenvalue weighted by molar-refractivity contribution is 0.572. The Balaban J connectivity index is 1.98. The molecule has 1 aliphatic carbocycles. The van der Waals surface area contributed by atoms with Gasteiger partial charge in [-0.3, -0.25) is 0 Å². The Morgan fingerprint density at radius 1 is 1.33 bits per heavy atom. The van der Waals surface area contributed by atoms with Crippen molar-refractivity contribution < 1.29 is 4.39 Å². The van der Waals surface area contributed by atoms with Crippen LogP contribution in [0.3, 0.4) is 0 Å². The monoisotopic (exact) mass is 245 g/mol. The summed E-state index contributed by atoms with van der Waals surface area (Å²) in [6.07, 6.45) is 2.54. The van der Waals surface area contributed by atoms with Crippen LogP contribution in [-0.4, -0.2) is 9.78 Å². The van der Waals surface area contributed by atoms with Crippen molar-refractivity contribution in [1.82, 2.24) is 9.78 Å². The van der Waals surface area contributed by atoms with Gasteiger partial charge in [0.05, 0.1) is 5.69 Å². The van der Waals surface area contributed by atoms with E-state index in [2.05, 4.69) is 5.10 Å². The minimum atomic E-state index is -0.234. The van der Waals surface area contributed by atoms with Crippen LogP contribution in [0.25, 0.3) is 11.3 Å². The second-order valence-electron chi connectivity index (χ2n) is 4.99. The molecule has 0 unspecified atom stereocenters.